The Morgan fingerprint density at radius 1 is 1.23 bits per heavy atom. The van der Waals surface area contributed by atoms with Crippen LogP contribution in [-0.4, -0.2) is 0 Å². The lowest BCUT2D eigenvalue weighted by Crippen LogP contribution is -2.38. The van der Waals surface area contributed by atoms with Crippen LogP contribution in [0.1, 0.15) is 54.9 Å². The molecule has 0 saturated carbocycles. The van der Waals surface area contributed by atoms with Gasteiger partial charge < -0.3 is 0 Å². The van der Waals surface area contributed by atoms with E-state index in [-0.39, 0.29) is 5.41 Å². The SMILES string of the molecule is C=C(C)C(C)(C)C(C)(C)C(C)CC. The summed E-state index contributed by atoms with van der Waals surface area (Å²) in [6.07, 6.45) is 1.24. The summed E-state index contributed by atoms with van der Waals surface area (Å²) in [4.78, 5) is 0. The van der Waals surface area contributed by atoms with Gasteiger partial charge in [0.15, 0.2) is 0 Å². The van der Waals surface area contributed by atoms with Crippen molar-refractivity contribution in [3.8, 4) is 0 Å². The van der Waals surface area contributed by atoms with Gasteiger partial charge in [-0.25, -0.2) is 0 Å². The maximum atomic E-state index is 4.11. The van der Waals surface area contributed by atoms with Crippen molar-refractivity contribution in [1.82, 2.24) is 0 Å². The van der Waals surface area contributed by atoms with Crippen molar-refractivity contribution in [1.29, 1.82) is 0 Å². The molecule has 1 atom stereocenters. The van der Waals surface area contributed by atoms with E-state index in [4.69, 9.17) is 0 Å². The fourth-order valence-electron chi connectivity index (χ4n) is 1.68. The second kappa shape index (κ2) is 3.86. The van der Waals surface area contributed by atoms with E-state index in [2.05, 4.69) is 55.0 Å². The van der Waals surface area contributed by atoms with Crippen LogP contribution in [0.25, 0.3) is 0 Å². The Morgan fingerprint density at radius 2 is 1.62 bits per heavy atom. The minimum Gasteiger partial charge on any atom is -0.0996 e. The average Bonchev–Trinajstić information content (AvgIpc) is 2.02. The first-order valence-electron chi connectivity index (χ1n) is 5.33. The largest absolute Gasteiger partial charge is 0.0996 e. The van der Waals surface area contributed by atoms with Gasteiger partial charge in [-0.2, -0.15) is 0 Å². The molecule has 0 aromatic rings. The predicted octanol–water partition coefficient (Wildman–Crippen LogP) is 4.66. The number of rotatable bonds is 4. The van der Waals surface area contributed by atoms with Crippen molar-refractivity contribution < 1.29 is 0 Å². The molecular weight excluding hydrogens is 156 g/mol. The van der Waals surface area contributed by atoms with Gasteiger partial charge in [-0.3, -0.25) is 0 Å². The van der Waals surface area contributed by atoms with Crippen molar-refractivity contribution in [3.05, 3.63) is 12.2 Å². The van der Waals surface area contributed by atoms with Crippen LogP contribution >= 0.6 is 0 Å². The van der Waals surface area contributed by atoms with Gasteiger partial charge in [0.05, 0.1) is 0 Å². The summed E-state index contributed by atoms with van der Waals surface area (Å²) in [6, 6.07) is 0. The summed E-state index contributed by atoms with van der Waals surface area (Å²) in [7, 11) is 0. The summed E-state index contributed by atoms with van der Waals surface area (Å²) < 4.78 is 0. The first-order chi connectivity index (χ1) is 5.67. The van der Waals surface area contributed by atoms with Crippen molar-refractivity contribution >= 4 is 0 Å². The maximum absolute atomic E-state index is 4.11. The minimum absolute atomic E-state index is 0.225. The van der Waals surface area contributed by atoms with E-state index < -0.39 is 0 Å². The minimum atomic E-state index is 0.225. The van der Waals surface area contributed by atoms with E-state index in [0.29, 0.717) is 5.41 Å². The Morgan fingerprint density at radius 3 is 1.85 bits per heavy atom. The molecule has 0 heterocycles. The Balaban J connectivity index is 4.90. The maximum Gasteiger partial charge on any atom is -0.00965 e. The normalized spacial score (nSPS) is 15.6. The summed E-state index contributed by atoms with van der Waals surface area (Å²) in [6.45, 7) is 20.2. The predicted molar refractivity (Wildman–Crippen MR) is 61.8 cm³/mol. The van der Waals surface area contributed by atoms with Gasteiger partial charge in [-0.05, 0) is 23.7 Å². The fraction of sp³-hybridized carbons (Fsp3) is 0.846. The molecule has 0 radical (unpaired) electrons. The monoisotopic (exact) mass is 182 g/mol. The molecule has 0 N–H and O–H groups in total. The van der Waals surface area contributed by atoms with Crippen LogP contribution in [0.4, 0.5) is 0 Å². The van der Waals surface area contributed by atoms with Crippen LogP contribution in [-0.2, 0) is 0 Å². The zero-order valence-electron chi connectivity index (χ0n) is 10.5. The molecule has 0 fully saturated rings. The molecule has 0 aliphatic carbocycles. The molecule has 78 valence electrons. The second-order valence-electron chi connectivity index (χ2n) is 5.44. The van der Waals surface area contributed by atoms with Gasteiger partial charge in [0.2, 0.25) is 0 Å². The highest BCUT2D eigenvalue weighted by Crippen LogP contribution is 2.49. The smallest absolute Gasteiger partial charge is 0.00965 e. The lowest BCUT2D eigenvalue weighted by molar-refractivity contribution is 0.0772. The average molecular weight is 182 g/mol. The molecule has 0 aliphatic rings. The quantitative estimate of drug-likeness (QED) is 0.555. The van der Waals surface area contributed by atoms with E-state index in [1.165, 1.54) is 12.0 Å². The molecule has 13 heavy (non-hydrogen) atoms. The van der Waals surface area contributed by atoms with Crippen molar-refractivity contribution in [2.75, 3.05) is 0 Å². The number of allylic oxidation sites excluding steroid dienone is 1. The molecule has 0 amide bonds. The van der Waals surface area contributed by atoms with Crippen LogP contribution in [0.2, 0.25) is 0 Å². The Labute approximate surface area is 84.4 Å². The number of hydrogen-bond acceptors (Lipinski definition) is 0. The standard InChI is InChI=1S/C13H26/c1-9-11(4)13(7,8)12(5,6)10(2)3/h11H,2,9H2,1,3-8H3. The van der Waals surface area contributed by atoms with Crippen molar-refractivity contribution in [2.45, 2.75) is 54.9 Å². The Bertz CT molecular complexity index is 184. The van der Waals surface area contributed by atoms with E-state index in [0.717, 1.165) is 5.92 Å². The summed E-state index contributed by atoms with van der Waals surface area (Å²) >= 11 is 0. The highest BCUT2D eigenvalue weighted by molar-refractivity contribution is 5.10. The molecule has 0 rings (SSSR count). The molecule has 1 unspecified atom stereocenters. The third-order valence-corrected chi connectivity index (χ3v) is 4.52. The van der Waals surface area contributed by atoms with E-state index in [1.807, 2.05) is 0 Å². The summed E-state index contributed by atoms with van der Waals surface area (Å²) in [5.41, 5.74) is 1.84. The molecule has 0 aromatic heterocycles. The fourth-order valence-corrected chi connectivity index (χ4v) is 1.68. The first kappa shape index (κ1) is 12.7. The zero-order valence-corrected chi connectivity index (χ0v) is 10.5. The van der Waals surface area contributed by atoms with E-state index in [9.17, 15) is 0 Å². The summed E-state index contributed by atoms with van der Waals surface area (Å²) in [5.74, 6) is 0.735. The molecule has 0 nitrogen and oxygen atoms in total. The van der Waals surface area contributed by atoms with E-state index in [1.54, 1.807) is 0 Å². The second-order valence-corrected chi connectivity index (χ2v) is 5.44. The zero-order chi connectivity index (χ0) is 10.9. The van der Waals surface area contributed by atoms with Crippen LogP contribution in [0.5, 0.6) is 0 Å². The third kappa shape index (κ3) is 2.15. The molecular formula is C13H26. The van der Waals surface area contributed by atoms with Gasteiger partial charge in [-0.1, -0.05) is 60.1 Å². The summed E-state index contributed by atoms with van der Waals surface area (Å²) in [5, 5.41) is 0. The lowest BCUT2D eigenvalue weighted by Gasteiger charge is -2.46. The molecule has 0 heteroatoms. The van der Waals surface area contributed by atoms with Gasteiger partial charge in [0.25, 0.3) is 0 Å². The highest BCUT2D eigenvalue weighted by Gasteiger charge is 2.40. The van der Waals surface area contributed by atoms with Crippen molar-refractivity contribution in [3.63, 3.8) is 0 Å². The van der Waals surface area contributed by atoms with Crippen LogP contribution in [0.3, 0.4) is 0 Å². The lowest BCUT2D eigenvalue weighted by atomic mass is 9.58. The van der Waals surface area contributed by atoms with Crippen LogP contribution < -0.4 is 0 Å². The Kier molecular flexibility index (Phi) is 3.78. The van der Waals surface area contributed by atoms with Gasteiger partial charge in [-0.15, -0.1) is 0 Å². The first-order valence-corrected chi connectivity index (χ1v) is 5.33. The van der Waals surface area contributed by atoms with E-state index >= 15 is 0 Å². The topological polar surface area (TPSA) is 0 Å². The van der Waals surface area contributed by atoms with Gasteiger partial charge in [0, 0.05) is 0 Å². The van der Waals surface area contributed by atoms with Gasteiger partial charge >= 0.3 is 0 Å². The van der Waals surface area contributed by atoms with Crippen molar-refractivity contribution in [2.24, 2.45) is 16.7 Å². The highest BCUT2D eigenvalue weighted by atomic mass is 14.4. The van der Waals surface area contributed by atoms with Crippen LogP contribution in [0, 0.1) is 16.7 Å². The molecule has 0 bridgehead atoms. The molecule has 0 spiro atoms. The third-order valence-electron chi connectivity index (χ3n) is 4.52. The molecule has 0 aromatic carbocycles. The number of hydrogen-bond donors (Lipinski definition) is 0. The van der Waals surface area contributed by atoms with Crippen LogP contribution in [0.15, 0.2) is 12.2 Å². The molecule has 0 saturated heterocycles. The Hall–Kier alpha value is -0.260. The van der Waals surface area contributed by atoms with Gasteiger partial charge in [0.1, 0.15) is 0 Å². The molecule has 0 aliphatic heterocycles.